The summed E-state index contributed by atoms with van der Waals surface area (Å²) in [6.07, 6.45) is 5.77. The van der Waals surface area contributed by atoms with Gasteiger partial charge in [-0.1, -0.05) is 50.1 Å². The largest absolute Gasteiger partial charge is 0.507 e. The predicted molar refractivity (Wildman–Crippen MR) is 93.4 cm³/mol. The van der Waals surface area contributed by atoms with Crippen LogP contribution in [-0.2, 0) is 0 Å². The molecule has 2 aliphatic rings. The fourth-order valence-corrected chi connectivity index (χ4v) is 3.77. The Labute approximate surface area is 142 Å². The van der Waals surface area contributed by atoms with Crippen LogP contribution in [0.15, 0.2) is 45.6 Å². The lowest BCUT2D eigenvalue weighted by molar-refractivity contribution is 0.380. The zero-order valence-corrected chi connectivity index (χ0v) is 14.1. The first-order valence-electron chi connectivity index (χ1n) is 9.05. The molecule has 0 saturated heterocycles. The average molecular weight is 324 g/mol. The van der Waals surface area contributed by atoms with E-state index in [1.165, 1.54) is 12.8 Å². The van der Waals surface area contributed by atoms with Crippen molar-refractivity contribution >= 4 is 0 Å². The number of hydrogen-bond donors (Lipinski definition) is 1. The zero-order chi connectivity index (χ0) is 16.7. The third-order valence-corrected chi connectivity index (χ3v) is 5.42. The minimum Gasteiger partial charge on any atom is -0.507 e. The summed E-state index contributed by atoms with van der Waals surface area (Å²) < 4.78 is 5.64. The Kier molecular flexibility index (Phi) is 3.95. The highest BCUT2D eigenvalue weighted by atomic mass is 16.4. The molecular weight excluding hydrogens is 300 g/mol. The van der Waals surface area contributed by atoms with Gasteiger partial charge in [0.05, 0.1) is 5.56 Å². The molecule has 1 aromatic heterocycles. The van der Waals surface area contributed by atoms with E-state index in [1.807, 2.05) is 30.3 Å². The highest BCUT2D eigenvalue weighted by molar-refractivity contribution is 5.41. The van der Waals surface area contributed by atoms with Crippen LogP contribution < -0.4 is 5.63 Å². The maximum absolute atomic E-state index is 12.7. The Balaban J connectivity index is 1.70. The number of rotatable bonds is 6. The maximum Gasteiger partial charge on any atom is 0.343 e. The molecule has 2 aliphatic carbocycles. The summed E-state index contributed by atoms with van der Waals surface area (Å²) >= 11 is 0. The van der Waals surface area contributed by atoms with Crippen molar-refractivity contribution in [1.82, 2.24) is 0 Å². The summed E-state index contributed by atoms with van der Waals surface area (Å²) in [5, 5.41) is 10.6. The van der Waals surface area contributed by atoms with Crippen molar-refractivity contribution in [3.8, 4) is 5.75 Å². The quantitative estimate of drug-likeness (QED) is 0.831. The summed E-state index contributed by atoms with van der Waals surface area (Å²) in [5.41, 5.74) is 1.15. The highest BCUT2D eigenvalue weighted by Gasteiger charge is 2.37. The standard InChI is InChI=1S/C21H24O3/c1-13(11-14-7-8-14)18-12-17(22)20(21(23)24-18)19(16-9-10-16)15-5-3-2-4-6-15/h2-6,12-14,16,19,22H,7-11H2,1H3. The van der Waals surface area contributed by atoms with Crippen molar-refractivity contribution in [3.05, 3.63) is 63.7 Å². The molecule has 2 atom stereocenters. The van der Waals surface area contributed by atoms with Gasteiger partial charge in [0, 0.05) is 17.9 Å². The van der Waals surface area contributed by atoms with Crippen LogP contribution in [0.5, 0.6) is 5.75 Å². The summed E-state index contributed by atoms with van der Waals surface area (Å²) in [6.45, 7) is 2.07. The van der Waals surface area contributed by atoms with Gasteiger partial charge in [-0.05, 0) is 36.7 Å². The van der Waals surface area contributed by atoms with E-state index in [-0.39, 0.29) is 23.2 Å². The molecule has 1 N–H and O–H groups in total. The van der Waals surface area contributed by atoms with Crippen LogP contribution in [0.25, 0.3) is 0 Å². The second-order valence-electron chi connectivity index (χ2n) is 7.54. The lowest BCUT2D eigenvalue weighted by Gasteiger charge is -2.18. The minimum atomic E-state index is -0.367. The van der Waals surface area contributed by atoms with Gasteiger partial charge in [0.25, 0.3) is 0 Å². The molecule has 3 nitrogen and oxygen atoms in total. The monoisotopic (exact) mass is 324 g/mol. The van der Waals surface area contributed by atoms with Crippen molar-refractivity contribution in [2.45, 2.75) is 50.9 Å². The molecule has 24 heavy (non-hydrogen) atoms. The van der Waals surface area contributed by atoms with E-state index in [1.54, 1.807) is 6.07 Å². The molecule has 0 amide bonds. The molecule has 2 saturated carbocycles. The summed E-state index contributed by atoms with van der Waals surface area (Å²) in [7, 11) is 0. The van der Waals surface area contributed by atoms with Gasteiger partial charge in [-0.25, -0.2) is 4.79 Å². The van der Waals surface area contributed by atoms with Gasteiger partial charge in [0.2, 0.25) is 0 Å². The molecule has 3 heteroatoms. The zero-order valence-electron chi connectivity index (χ0n) is 14.1. The van der Waals surface area contributed by atoms with Gasteiger partial charge in [0.15, 0.2) is 0 Å². The van der Waals surface area contributed by atoms with Crippen LogP contribution in [0.3, 0.4) is 0 Å². The Bertz CT molecular complexity index is 769. The number of hydrogen-bond acceptors (Lipinski definition) is 3. The molecule has 0 radical (unpaired) electrons. The maximum atomic E-state index is 12.7. The highest BCUT2D eigenvalue weighted by Crippen LogP contribution is 2.48. The summed E-state index contributed by atoms with van der Waals surface area (Å²) in [5.74, 6) is 2.03. The summed E-state index contributed by atoms with van der Waals surface area (Å²) in [4.78, 5) is 12.7. The minimum absolute atomic E-state index is 0.0600. The first-order valence-corrected chi connectivity index (χ1v) is 9.05. The molecule has 1 heterocycles. The van der Waals surface area contributed by atoms with E-state index in [0.717, 1.165) is 30.7 Å². The van der Waals surface area contributed by atoms with Gasteiger partial charge in [0.1, 0.15) is 11.5 Å². The topological polar surface area (TPSA) is 50.4 Å². The molecule has 2 unspecified atom stereocenters. The Morgan fingerprint density at radius 2 is 1.88 bits per heavy atom. The van der Waals surface area contributed by atoms with Crippen molar-refractivity contribution < 1.29 is 9.52 Å². The SMILES string of the molecule is CC(CC1CC1)c1cc(O)c(C(c2ccccc2)C2CC2)c(=O)o1. The first kappa shape index (κ1) is 15.5. The second kappa shape index (κ2) is 6.12. The van der Waals surface area contributed by atoms with Crippen molar-refractivity contribution in [1.29, 1.82) is 0 Å². The van der Waals surface area contributed by atoms with Gasteiger partial charge in [-0.15, -0.1) is 0 Å². The Hall–Kier alpha value is -2.03. The van der Waals surface area contributed by atoms with Crippen LogP contribution in [0.1, 0.15) is 67.8 Å². The van der Waals surface area contributed by atoms with E-state index in [2.05, 4.69) is 6.92 Å². The van der Waals surface area contributed by atoms with E-state index in [4.69, 9.17) is 4.42 Å². The van der Waals surface area contributed by atoms with E-state index in [9.17, 15) is 9.90 Å². The van der Waals surface area contributed by atoms with E-state index >= 15 is 0 Å². The summed E-state index contributed by atoms with van der Waals surface area (Å²) in [6, 6.07) is 11.7. The lowest BCUT2D eigenvalue weighted by atomic mass is 9.87. The average Bonchev–Trinajstić information content (AvgIpc) is 3.45. The molecule has 0 bridgehead atoms. The van der Waals surface area contributed by atoms with Crippen molar-refractivity contribution in [2.24, 2.45) is 11.8 Å². The molecule has 4 rings (SSSR count). The predicted octanol–water partition coefficient (Wildman–Crippen LogP) is 4.79. The van der Waals surface area contributed by atoms with Gasteiger partial charge >= 0.3 is 5.63 Å². The van der Waals surface area contributed by atoms with Gasteiger partial charge in [-0.3, -0.25) is 0 Å². The Morgan fingerprint density at radius 1 is 1.17 bits per heavy atom. The molecule has 1 aromatic carbocycles. The third kappa shape index (κ3) is 3.12. The lowest BCUT2D eigenvalue weighted by Crippen LogP contribution is -2.17. The van der Waals surface area contributed by atoms with Crippen molar-refractivity contribution in [2.75, 3.05) is 0 Å². The van der Waals surface area contributed by atoms with Crippen LogP contribution >= 0.6 is 0 Å². The first-order chi connectivity index (χ1) is 11.6. The van der Waals surface area contributed by atoms with Crippen LogP contribution in [0.2, 0.25) is 0 Å². The molecule has 2 aromatic rings. The van der Waals surface area contributed by atoms with E-state index in [0.29, 0.717) is 17.2 Å². The normalized spacial score (nSPS) is 19.9. The smallest absolute Gasteiger partial charge is 0.343 e. The number of benzene rings is 1. The van der Waals surface area contributed by atoms with Crippen LogP contribution in [0.4, 0.5) is 0 Å². The van der Waals surface area contributed by atoms with Crippen LogP contribution in [0, 0.1) is 11.8 Å². The molecule has 126 valence electrons. The van der Waals surface area contributed by atoms with Gasteiger partial charge in [-0.2, -0.15) is 0 Å². The second-order valence-corrected chi connectivity index (χ2v) is 7.54. The molecule has 0 aliphatic heterocycles. The van der Waals surface area contributed by atoms with Crippen molar-refractivity contribution in [3.63, 3.8) is 0 Å². The fraction of sp³-hybridized carbons (Fsp3) is 0.476. The molecule has 0 spiro atoms. The third-order valence-electron chi connectivity index (χ3n) is 5.42. The molecule has 2 fully saturated rings. The van der Waals surface area contributed by atoms with Crippen LogP contribution in [-0.4, -0.2) is 5.11 Å². The Morgan fingerprint density at radius 3 is 2.46 bits per heavy atom. The molecular formula is C21H24O3. The fourth-order valence-electron chi connectivity index (χ4n) is 3.77. The number of aromatic hydroxyl groups is 1. The van der Waals surface area contributed by atoms with E-state index < -0.39 is 0 Å². The van der Waals surface area contributed by atoms with Gasteiger partial charge < -0.3 is 9.52 Å².